The van der Waals surface area contributed by atoms with Gasteiger partial charge in [-0.15, -0.1) is 0 Å². The highest BCUT2D eigenvalue weighted by molar-refractivity contribution is 5.74. The zero-order valence-corrected chi connectivity index (χ0v) is 11.6. The molecule has 2 N–H and O–H groups in total. The minimum absolute atomic E-state index is 0.0255. The van der Waals surface area contributed by atoms with Crippen LogP contribution in [0.1, 0.15) is 31.2 Å². The van der Waals surface area contributed by atoms with Crippen molar-refractivity contribution in [2.75, 3.05) is 0 Å². The summed E-state index contributed by atoms with van der Waals surface area (Å²) in [6, 6.07) is 8.55. The highest BCUT2D eigenvalue weighted by Gasteiger charge is 2.42. The van der Waals surface area contributed by atoms with Crippen molar-refractivity contribution in [3.63, 3.8) is 0 Å². The first-order valence-electron chi connectivity index (χ1n) is 7.10. The first-order valence-corrected chi connectivity index (χ1v) is 7.10. The normalized spacial score (nSPS) is 22.6. The smallest absolute Gasteiger partial charge is 0.335 e. The molecule has 0 bridgehead atoms. The molecule has 0 saturated heterocycles. The third-order valence-electron chi connectivity index (χ3n) is 3.77. The van der Waals surface area contributed by atoms with Crippen LogP contribution in [0, 0.1) is 5.92 Å². The van der Waals surface area contributed by atoms with Crippen LogP contribution >= 0.6 is 0 Å². The topological polar surface area (TPSA) is 41.1 Å². The Morgan fingerprint density at radius 1 is 1.19 bits per heavy atom. The molecule has 116 valence electrons. The molecule has 1 aromatic carbocycles. The monoisotopic (exact) mass is 300 g/mol. The first-order chi connectivity index (χ1) is 9.95. The van der Waals surface area contributed by atoms with E-state index in [1.165, 1.54) is 0 Å². The maximum atomic E-state index is 12.7. The van der Waals surface area contributed by atoms with E-state index in [2.05, 4.69) is 10.6 Å². The molecule has 0 unspecified atom stereocenters. The first kappa shape index (κ1) is 15.7. The lowest BCUT2D eigenvalue weighted by molar-refractivity contribution is -0.183. The Morgan fingerprint density at radius 2 is 1.90 bits per heavy atom. The summed E-state index contributed by atoms with van der Waals surface area (Å²) in [6.45, 7) is 0.363. The number of alkyl halides is 3. The highest BCUT2D eigenvalue weighted by Crippen LogP contribution is 2.37. The van der Waals surface area contributed by atoms with Gasteiger partial charge in [0.15, 0.2) is 0 Å². The van der Waals surface area contributed by atoms with E-state index in [-0.39, 0.29) is 12.8 Å². The average molecular weight is 300 g/mol. The van der Waals surface area contributed by atoms with E-state index in [0.717, 1.165) is 5.56 Å². The van der Waals surface area contributed by atoms with Crippen LogP contribution in [0.25, 0.3) is 0 Å². The van der Waals surface area contributed by atoms with Gasteiger partial charge in [0.1, 0.15) is 0 Å². The van der Waals surface area contributed by atoms with Gasteiger partial charge in [0.05, 0.1) is 5.92 Å². The fourth-order valence-corrected chi connectivity index (χ4v) is 2.63. The number of amides is 2. The Balaban J connectivity index is 1.77. The number of urea groups is 1. The van der Waals surface area contributed by atoms with Gasteiger partial charge in [-0.2, -0.15) is 13.2 Å². The lowest BCUT2D eigenvalue weighted by Crippen LogP contribution is -2.45. The molecule has 3 nitrogen and oxygen atoms in total. The van der Waals surface area contributed by atoms with Crippen LogP contribution in [0.3, 0.4) is 0 Å². The third-order valence-corrected chi connectivity index (χ3v) is 3.77. The summed E-state index contributed by atoms with van der Waals surface area (Å²) in [5.74, 6) is -1.30. The van der Waals surface area contributed by atoms with Gasteiger partial charge >= 0.3 is 12.2 Å². The van der Waals surface area contributed by atoms with Crippen molar-refractivity contribution in [1.29, 1.82) is 0 Å². The third kappa shape index (κ3) is 4.95. The largest absolute Gasteiger partial charge is 0.391 e. The molecule has 2 atom stereocenters. The van der Waals surface area contributed by atoms with E-state index in [9.17, 15) is 18.0 Å². The number of benzene rings is 1. The number of nitrogens with one attached hydrogen (secondary N) is 2. The predicted molar refractivity (Wildman–Crippen MR) is 73.6 cm³/mol. The Hall–Kier alpha value is -1.72. The summed E-state index contributed by atoms with van der Waals surface area (Å²) in [5, 5.41) is 5.31. The Morgan fingerprint density at radius 3 is 2.57 bits per heavy atom. The average Bonchev–Trinajstić information content (AvgIpc) is 2.46. The van der Waals surface area contributed by atoms with E-state index in [1.54, 1.807) is 0 Å². The van der Waals surface area contributed by atoms with E-state index < -0.39 is 24.2 Å². The molecule has 1 aromatic rings. The zero-order valence-electron chi connectivity index (χ0n) is 11.6. The number of carbonyl (C=O) groups excluding carboxylic acids is 1. The van der Waals surface area contributed by atoms with Gasteiger partial charge in [-0.3, -0.25) is 0 Å². The molecule has 0 aliphatic heterocycles. The molecule has 6 heteroatoms. The maximum absolute atomic E-state index is 12.7. The van der Waals surface area contributed by atoms with Gasteiger partial charge in [-0.1, -0.05) is 36.8 Å². The summed E-state index contributed by atoms with van der Waals surface area (Å²) in [7, 11) is 0. The van der Waals surface area contributed by atoms with Crippen molar-refractivity contribution in [1.82, 2.24) is 10.6 Å². The molecule has 1 aliphatic carbocycles. The second kappa shape index (κ2) is 6.83. The molecule has 0 aromatic heterocycles. The number of rotatable bonds is 3. The van der Waals surface area contributed by atoms with Crippen LogP contribution in [-0.2, 0) is 6.54 Å². The van der Waals surface area contributed by atoms with Crippen LogP contribution in [0.2, 0.25) is 0 Å². The van der Waals surface area contributed by atoms with Gasteiger partial charge in [0.25, 0.3) is 0 Å². The molecule has 1 aliphatic rings. The summed E-state index contributed by atoms with van der Waals surface area (Å²) >= 11 is 0. The second-order valence-corrected chi connectivity index (χ2v) is 5.41. The maximum Gasteiger partial charge on any atom is 0.391 e. The van der Waals surface area contributed by atoms with E-state index in [4.69, 9.17) is 0 Å². The van der Waals surface area contributed by atoms with Crippen LogP contribution in [0.15, 0.2) is 30.3 Å². The van der Waals surface area contributed by atoms with E-state index in [1.807, 2.05) is 30.3 Å². The molecule has 0 radical (unpaired) electrons. The quantitative estimate of drug-likeness (QED) is 0.879. The molecule has 1 fully saturated rings. The van der Waals surface area contributed by atoms with Gasteiger partial charge in [-0.05, 0) is 24.8 Å². The minimum atomic E-state index is -4.17. The Kier molecular flexibility index (Phi) is 5.09. The fourth-order valence-electron chi connectivity index (χ4n) is 2.63. The number of hydrogen-bond acceptors (Lipinski definition) is 1. The van der Waals surface area contributed by atoms with Crippen LogP contribution < -0.4 is 10.6 Å². The summed E-state index contributed by atoms with van der Waals surface area (Å²) < 4.78 is 38.1. The van der Waals surface area contributed by atoms with Gasteiger partial charge < -0.3 is 10.6 Å². The second-order valence-electron chi connectivity index (χ2n) is 5.41. The molecule has 2 rings (SSSR count). The predicted octanol–water partition coefficient (Wildman–Crippen LogP) is 3.61. The minimum Gasteiger partial charge on any atom is -0.335 e. The SMILES string of the molecule is O=C(NCc1ccccc1)N[C@@H]1CCC[C@@H](C(F)(F)F)C1. The number of hydrogen-bond donors (Lipinski definition) is 2. The van der Waals surface area contributed by atoms with Crippen molar-refractivity contribution < 1.29 is 18.0 Å². The molecule has 0 heterocycles. The van der Waals surface area contributed by atoms with Gasteiger partial charge in [0.2, 0.25) is 0 Å². The summed E-state index contributed by atoms with van der Waals surface area (Å²) in [6.07, 6.45) is -2.93. The molecule has 21 heavy (non-hydrogen) atoms. The van der Waals surface area contributed by atoms with Crippen molar-refractivity contribution in [3.8, 4) is 0 Å². The van der Waals surface area contributed by atoms with Gasteiger partial charge in [-0.25, -0.2) is 4.79 Å². The fraction of sp³-hybridized carbons (Fsp3) is 0.533. The van der Waals surface area contributed by atoms with Crippen molar-refractivity contribution in [2.24, 2.45) is 5.92 Å². The van der Waals surface area contributed by atoms with Crippen molar-refractivity contribution >= 4 is 6.03 Å². The summed E-state index contributed by atoms with van der Waals surface area (Å²) in [4.78, 5) is 11.7. The Labute approximate surface area is 121 Å². The number of carbonyl (C=O) groups is 1. The van der Waals surface area contributed by atoms with E-state index >= 15 is 0 Å². The van der Waals surface area contributed by atoms with Crippen LogP contribution in [0.5, 0.6) is 0 Å². The molecular weight excluding hydrogens is 281 g/mol. The van der Waals surface area contributed by atoms with Crippen LogP contribution in [0.4, 0.5) is 18.0 Å². The van der Waals surface area contributed by atoms with E-state index in [0.29, 0.717) is 19.4 Å². The Bertz CT molecular complexity index is 462. The zero-order chi connectivity index (χ0) is 15.3. The van der Waals surface area contributed by atoms with Crippen molar-refractivity contribution in [3.05, 3.63) is 35.9 Å². The standard InChI is InChI=1S/C15H19F3N2O/c16-15(17,18)12-7-4-8-13(9-12)20-14(21)19-10-11-5-2-1-3-6-11/h1-3,5-6,12-13H,4,7-10H2,(H2,19,20,21)/t12-,13-/m1/s1. The van der Waals surface area contributed by atoms with Crippen LogP contribution in [-0.4, -0.2) is 18.2 Å². The molecule has 2 amide bonds. The lowest BCUT2D eigenvalue weighted by atomic mass is 9.85. The summed E-state index contributed by atoms with van der Waals surface area (Å²) in [5.41, 5.74) is 0.949. The van der Waals surface area contributed by atoms with Crippen molar-refractivity contribution in [2.45, 2.75) is 44.4 Å². The number of halogens is 3. The highest BCUT2D eigenvalue weighted by atomic mass is 19.4. The van der Waals surface area contributed by atoms with Gasteiger partial charge in [0, 0.05) is 12.6 Å². The lowest BCUT2D eigenvalue weighted by Gasteiger charge is -2.31. The molecular formula is C15H19F3N2O. The molecule has 0 spiro atoms. The molecule has 1 saturated carbocycles.